The monoisotopic (exact) mass is 394 g/mol. The van der Waals surface area contributed by atoms with Crippen LogP contribution in [0.3, 0.4) is 0 Å². The van der Waals surface area contributed by atoms with Crippen molar-refractivity contribution >= 4 is 28.9 Å². The Hall–Kier alpha value is -3.46. The van der Waals surface area contributed by atoms with E-state index in [1.165, 1.54) is 11.3 Å². The van der Waals surface area contributed by atoms with E-state index in [1.54, 1.807) is 0 Å². The summed E-state index contributed by atoms with van der Waals surface area (Å²) in [5, 5.41) is 0. The molecule has 30 heavy (non-hydrogen) atoms. The number of para-hydroxylation sites is 3. The summed E-state index contributed by atoms with van der Waals surface area (Å²) in [5.74, 6) is 0. The minimum absolute atomic E-state index is 1.000. The van der Waals surface area contributed by atoms with E-state index < -0.39 is 0 Å². The Morgan fingerprint density at radius 2 is 1.47 bits per heavy atom. The lowest BCUT2D eigenvalue weighted by atomic mass is 10.1. The number of rotatable bonds is 6. The molecule has 0 radical (unpaired) electrons. The molecule has 0 aliphatic rings. The van der Waals surface area contributed by atoms with Crippen molar-refractivity contribution in [1.82, 2.24) is 4.98 Å². The molecule has 0 fully saturated rings. The van der Waals surface area contributed by atoms with Gasteiger partial charge in [-0.25, -0.2) is 4.98 Å². The number of benzene rings is 3. The zero-order chi connectivity index (χ0) is 20.9. The summed E-state index contributed by atoms with van der Waals surface area (Å²) in [4.78, 5) is 7.21. The highest BCUT2D eigenvalue weighted by molar-refractivity contribution is 5.75. The lowest BCUT2D eigenvalue weighted by Gasteiger charge is -2.20. The molecule has 0 bridgehead atoms. The van der Waals surface area contributed by atoms with Crippen molar-refractivity contribution in [2.75, 3.05) is 18.0 Å². The summed E-state index contributed by atoms with van der Waals surface area (Å²) in [6.07, 6.45) is 4.35. The summed E-state index contributed by atoms with van der Waals surface area (Å²) in [6.45, 7) is 8.49. The Bertz CT molecular complexity index is 1160. The molecule has 1 heterocycles. The smallest absolute Gasteiger partial charge is 0.237 e. The summed E-state index contributed by atoms with van der Waals surface area (Å²) >= 11 is 0. The molecule has 1 aromatic heterocycles. The van der Waals surface area contributed by atoms with E-state index in [4.69, 9.17) is 4.98 Å². The molecule has 4 aromatic rings. The molecule has 3 nitrogen and oxygen atoms in total. The molecule has 0 atom stereocenters. The standard InChI is InChI=1S/C27H28N3/c1-4-29(5-2)23-18-15-22(16-19-23)17-20-26-21(3)28-25-13-9-10-14-27(25)30(26)24-11-7-6-8-12-24/h6-20H,4-5H2,1-3H3/q+1. The predicted octanol–water partition coefficient (Wildman–Crippen LogP) is 5.84. The van der Waals surface area contributed by atoms with Gasteiger partial charge in [-0.2, -0.15) is 4.57 Å². The van der Waals surface area contributed by atoms with Crippen molar-refractivity contribution in [3.63, 3.8) is 0 Å². The van der Waals surface area contributed by atoms with E-state index in [2.05, 4.69) is 109 Å². The third-order valence-electron chi connectivity index (χ3n) is 5.49. The van der Waals surface area contributed by atoms with Crippen LogP contribution in [0.2, 0.25) is 0 Å². The summed E-state index contributed by atoms with van der Waals surface area (Å²) in [6, 6.07) is 27.5. The van der Waals surface area contributed by atoms with Gasteiger partial charge in [-0.15, -0.1) is 0 Å². The van der Waals surface area contributed by atoms with Gasteiger partial charge in [0.05, 0.1) is 0 Å². The largest absolute Gasteiger partial charge is 0.372 e. The van der Waals surface area contributed by atoms with Gasteiger partial charge in [0.1, 0.15) is 11.2 Å². The highest BCUT2D eigenvalue weighted by atomic mass is 15.1. The summed E-state index contributed by atoms with van der Waals surface area (Å²) in [7, 11) is 0. The second-order valence-electron chi connectivity index (χ2n) is 7.34. The van der Waals surface area contributed by atoms with E-state index in [0.29, 0.717) is 0 Å². The van der Waals surface area contributed by atoms with Crippen molar-refractivity contribution < 1.29 is 4.57 Å². The van der Waals surface area contributed by atoms with Crippen LogP contribution in [0.1, 0.15) is 30.8 Å². The van der Waals surface area contributed by atoms with Gasteiger partial charge in [-0.1, -0.05) is 42.5 Å². The fourth-order valence-corrected chi connectivity index (χ4v) is 3.89. The van der Waals surface area contributed by atoms with Gasteiger partial charge in [-0.05, 0) is 50.6 Å². The minimum atomic E-state index is 1.000. The lowest BCUT2D eigenvalue weighted by Crippen LogP contribution is -2.36. The minimum Gasteiger partial charge on any atom is -0.372 e. The quantitative estimate of drug-likeness (QED) is 0.383. The van der Waals surface area contributed by atoms with Crippen molar-refractivity contribution in [3.8, 4) is 5.69 Å². The Morgan fingerprint density at radius 3 is 2.17 bits per heavy atom. The lowest BCUT2D eigenvalue weighted by molar-refractivity contribution is -0.570. The first kappa shape index (κ1) is 19.8. The van der Waals surface area contributed by atoms with Crippen molar-refractivity contribution in [2.45, 2.75) is 20.8 Å². The van der Waals surface area contributed by atoms with Gasteiger partial charge < -0.3 is 4.90 Å². The third kappa shape index (κ3) is 3.97. The Morgan fingerprint density at radius 1 is 0.800 bits per heavy atom. The third-order valence-corrected chi connectivity index (χ3v) is 5.49. The van der Waals surface area contributed by atoms with Gasteiger partial charge in [-0.3, -0.25) is 0 Å². The highest BCUT2D eigenvalue weighted by Crippen LogP contribution is 2.19. The molecule has 150 valence electrons. The van der Waals surface area contributed by atoms with E-state index >= 15 is 0 Å². The number of nitrogens with zero attached hydrogens (tertiary/aromatic N) is 3. The van der Waals surface area contributed by atoms with Crippen molar-refractivity contribution in [3.05, 3.63) is 95.8 Å². The maximum Gasteiger partial charge on any atom is 0.237 e. The molecule has 0 amide bonds. The first-order chi connectivity index (χ1) is 14.7. The topological polar surface area (TPSA) is 20.0 Å². The average molecular weight is 395 g/mol. The van der Waals surface area contributed by atoms with Crippen LogP contribution in [0.5, 0.6) is 0 Å². The first-order valence-corrected chi connectivity index (χ1v) is 10.6. The molecule has 0 saturated carbocycles. The second kappa shape index (κ2) is 8.91. The van der Waals surface area contributed by atoms with Crippen LogP contribution >= 0.6 is 0 Å². The number of aromatic nitrogens is 2. The fraction of sp³-hybridized carbons (Fsp3) is 0.185. The van der Waals surface area contributed by atoms with Gasteiger partial charge in [0, 0.05) is 43.1 Å². The molecule has 3 aromatic carbocycles. The first-order valence-electron chi connectivity index (χ1n) is 10.6. The molecule has 3 heteroatoms. The van der Waals surface area contributed by atoms with Crippen LogP contribution in [0.15, 0.2) is 78.9 Å². The average Bonchev–Trinajstić information content (AvgIpc) is 2.79. The second-order valence-corrected chi connectivity index (χ2v) is 7.34. The Balaban J connectivity index is 1.78. The predicted molar refractivity (Wildman–Crippen MR) is 127 cm³/mol. The molecular formula is C27H28N3+. The molecule has 4 rings (SSSR count). The van der Waals surface area contributed by atoms with E-state index in [1.807, 2.05) is 12.1 Å². The Kier molecular flexibility index (Phi) is 5.89. The van der Waals surface area contributed by atoms with E-state index in [-0.39, 0.29) is 0 Å². The Labute approximate surface area is 179 Å². The van der Waals surface area contributed by atoms with E-state index in [0.717, 1.165) is 41.2 Å². The van der Waals surface area contributed by atoms with Crippen LogP contribution in [-0.2, 0) is 0 Å². The SMILES string of the molecule is CCN(CC)c1ccc(/C=C/c2c(C)nc3ccccc3[n+]2-c2ccccc2)cc1. The van der Waals surface area contributed by atoms with Crippen LogP contribution in [0.25, 0.3) is 28.9 Å². The molecule has 0 N–H and O–H groups in total. The molecule has 0 spiro atoms. The van der Waals surface area contributed by atoms with E-state index in [9.17, 15) is 0 Å². The van der Waals surface area contributed by atoms with Gasteiger partial charge >= 0.3 is 0 Å². The van der Waals surface area contributed by atoms with Gasteiger partial charge in [0.15, 0.2) is 0 Å². The van der Waals surface area contributed by atoms with Crippen molar-refractivity contribution in [2.24, 2.45) is 0 Å². The van der Waals surface area contributed by atoms with Crippen LogP contribution in [0, 0.1) is 6.92 Å². The van der Waals surface area contributed by atoms with Crippen LogP contribution < -0.4 is 9.47 Å². The maximum atomic E-state index is 4.85. The molecule has 0 saturated heterocycles. The number of anilines is 1. The zero-order valence-corrected chi connectivity index (χ0v) is 17.9. The number of hydrogen-bond acceptors (Lipinski definition) is 2. The van der Waals surface area contributed by atoms with Gasteiger partial charge in [0.2, 0.25) is 16.9 Å². The number of fused-ring (bicyclic) bond motifs is 1. The highest BCUT2D eigenvalue weighted by Gasteiger charge is 2.20. The van der Waals surface area contributed by atoms with Gasteiger partial charge in [0.25, 0.3) is 0 Å². The van der Waals surface area contributed by atoms with Crippen LogP contribution in [-0.4, -0.2) is 18.1 Å². The zero-order valence-electron chi connectivity index (χ0n) is 17.9. The molecular weight excluding hydrogens is 366 g/mol. The fourth-order valence-electron chi connectivity index (χ4n) is 3.89. The van der Waals surface area contributed by atoms with Crippen molar-refractivity contribution in [1.29, 1.82) is 0 Å². The summed E-state index contributed by atoms with van der Waals surface area (Å²) < 4.78 is 2.29. The number of aryl methyl sites for hydroxylation is 1. The number of hydrogen-bond donors (Lipinski definition) is 0. The summed E-state index contributed by atoms with van der Waals surface area (Å²) in [5.41, 5.74) is 7.78. The molecule has 0 unspecified atom stereocenters. The van der Waals surface area contributed by atoms with Crippen LogP contribution in [0.4, 0.5) is 5.69 Å². The molecule has 0 aliphatic heterocycles. The maximum absolute atomic E-state index is 4.85. The normalized spacial score (nSPS) is 11.3. The molecule has 0 aliphatic carbocycles.